The van der Waals surface area contributed by atoms with E-state index in [0.29, 0.717) is 11.4 Å². The largest absolute Gasteiger partial charge is 0.450 e. The summed E-state index contributed by atoms with van der Waals surface area (Å²) >= 11 is 0. The van der Waals surface area contributed by atoms with Gasteiger partial charge in [0.05, 0.1) is 17.1 Å². The molecule has 0 saturated carbocycles. The van der Waals surface area contributed by atoms with Crippen molar-refractivity contribution in [3.05, 3.63) is 200 Å². The lowest BCUT2D eigenvalue weighted by Gasteiger charge is -2.28. The molecule has 10 aromatic rings. The average Bonchev–Trinajstić information content (AvgIpc) is 3.94. The molecular weight excluding hydrogens is 697 g/mol. The summed E-state index contributed by atoms with van der Waals surface area (Å²) in [4.78, 5) is 13.1. The van der Waals surface area contributed by atoms with Crippen molar-refractivity contribution >= 4 is 55.2 Å². The first-order valence-electron chi connectivity index (χ1n) is 19.5. The molecule has 268 valence electrons. The van der Waals surface area contributed by atoms with Crippen LogP contribution < -0.4 is 4.90 Å². The Kier molecular flexibility index (Phi) is 6.99. The van der Waals surface area contributed by atoms with Gasteiger partial charge < -0.3 is 9.32 Å². The van der Waals surface area contributed by atoms with Crippen LogP contribution in [0.25, 0.3) is 83.3 Å². The van der Waals surface area contributed by atoms with Gasteiger partial charge in [-0.05, 0) is 88.5 Å². The molecule has 57 heavy (non-hydrogen) atoms. The highest BCUT2D eigenvalue weighted by atomic mass is 16.3. The van der Waals surface area contributed by atoms with Gasteiger partial charge in [0.2, 0.25) is 0 Å². The summed E-state index contributed by atoms with van der Waals surface area (Å²) in [6.07, 6.45) is 9.04. The fourth-order valence-electron chi connectivity index (χ4n) is 9.12. The lowest BCUT2D eigenvalue weighted by Crippen LogP contribution is -2.28. The Labute approximate surface area is 329 Å². The topological polar surface area (TPSA) is 47.1 Å². The van der Waals surface area contributed by atoms with Crippen LogP contribution in [0.5, 0.6) is 0 Å². The smallest absolute Gasteiger partial charge is 0.197 e. The number of anilines is 2. The van der Waals surface area contributed by atoms with E-state index in [0.717, 1.165) is 60.8 Å². The number of nitrogens with zero attached hydrogens (tertiary/aromatic N) is 4. The van der Waals surface area contributed by atoms with Crippen molar-refractivity contribution in [1.82, 2.24) is 14.5 Å². The number of rotatable bonds is 5. The molecule has 0 amide bonds. The van der Waals surface area contributed by atoms with Gasteiger partial charge in [0.25, 0.3) is 0 Å². The maximum atomic E-state index is 6.65. The molecule has 2 atom stereocenters. The Morgan fingerprint density at radius 1 is 0.491 bits per heavy atom. The van der Waals surface area contributed by atoms with Gasteiger partial charge in [0, 0.05) is 39.0 Å². The summed E-state index contributed by atoms with van der Waals surface area (Å²) < 4.78 is 8.91. The van der Waals surface area contributed by atoms with Crippen molar-refractivity contribution in [3.63, 3.8) is 0 Å². The second-order valence-electron chi connectivity index (χ2n) is 14.9. The van der Waals surface area contributed by atoms with Crippen molar-refractivity contribution in [1.29, 1.82) is 0 Å². The summed E-state index contributed by atoms with van der Waals surface area (Å²) in [5.41, 5.74) is 13.8. The Balaban J connectivity index is 1.04. The Hall–Kier alpha value is -7.50. The highest BCUT2D eigenvalue weighted by Crippen LogP contribution is 2.49. The number of fused-ring (bicyclic) bond motifs is 9. The van der Waals surface area contributed by atoms with E-state index in [-0.39, 0.29) is 12.0 Å². The minimum Gasteiger partial charge on any atom is -0.450 e. The third kappa shape index (κ3) is 4.95. The Bertz CT molecular complexity index is 3260. The zero-order chi connectivity index (χ0) is 37.5. The number of benzene rings is 7. The van der Waals surface area contributed by atoms with Crippen LogP contribution in [0.4, 0.5) is 11.4 Å². The lowest BCUT2D eigenvalue weighted by atomic mass is 9.89. The predicted molar refractivity (Wildman–Crippen MR) is 233 cm³/mol. The van der Waals surface area contributed by atoms with E-state index in [2.05, 4.69) is 179 Å². The molecule has 5 heteroatoms. The highest BCUT2D eigenvalue weighted by molar-refractivity contribution is 6.12. The van der Waals surface area contributed by atoms with Crippen LogP contribution in [-0.2, 0) is 0 Å². The van der Waals surface area contributed by atoms with Crippen LogP contribution in [0.3, 0.4) is 0 Å². The molecule has 0 N–H and O–H groups in total. The molecule has 7 aromatic carbocycles. The molecule has 0 saturated heterocycles. The monoisotopic (exact) mass is 730 g/mol. The van der Waals surface area contributed by atoms with E-state index in [4.69, 9.17) is 14.4 Å². The SMILES string of the molecule is C1=CC2c3cc(-c4ccc5c(c4)c4ccccc4n5-c4nc(-c5cccc(-c6ccccc6)c5)nc5c4oc4ccccc45)ccc3N(c3ccccc3)C2C=C1. The quantitative estimate of drug-likeness (QED) is 0.177. The van der Waals surface area contributed by atoms with E-state index in [1.165, 1.54) is 28.1 Å². The molecular formula is C52H34N4O. The van der Waals surface area contributed by atoms with E-state index < -0.39 is 0 Å². The first-order chi connectivity index (χ1) is 28.3. The first-order valence-corrected chi connectivity index (χ1v) is 19.5. The maximum absolute atomic E-state index is 6.65. The fourth-order valence-corrected chi connectivity index (χ4v) is 9.12. The molecule has 0 spiro atoms. The van der Waals surface area contributed by atoms with Gasteiger partial charge >= 0.3 is 0 Å². The molecule has 0 bridgehead atoms. The zero-order valence-electron chi connectivity index (χ0n) is 30.8. The van der Waals surface area contributed by atoms with Crippen LogP contribution >= 0.6 is 0 Å². The predicted octanol–water partition coefficient (Wildman–Crippen LogP) is 13.2. The third-order valence-electron chi connectivity index (χ3n) is 11.7. The normalized spacial score (nSPS) is 15.9. The van der Waals surface area contributed by atoms with Gasteiger partial charge in [-0.15, -0.1) is 0 Å². The molecule has 4 heterocycles. The van der Waals surface area contributed by atoms with E-state index in [1.807, 2.05) is 24.3 Å². The maximum Gasteiger partial charge on any atom is 0.197 e. The number of hydrogen-bond acceptors (Lipinski definition) is 4. The molecule has 5 nitrogen and oxygen atoms in total. The molecule has 12 rings (SSSR count). The molecule has 1 aliphatic heterocycles. The number of allylic oxidation sites excluding steroid dienone is 2. The fraction of sp³-hybridized carbons (Fsp3) is 0.0385. The van der Waals surface area contributed by atoms with Crippen LogP contribution in [-0.4, -0.2) is 20.6 Å². The molecule has 0 radical (unpaired) electrons. The molecule has 2 unspecified atom stereocenters. The molecule has 0 fully saturated rings. The second kappa shape index (κ2) is 12.5. The van der Waals surface area contributed by atoms with Crippen LogP contribution in [0, 0.1) is 0 Å². The minimum atomic E-state index is 0.247. The summed E-state index contributed by atoms with van der Waals surface area (Å²) in [6, 6.07) is 60.5. The number of hydrogen-bond donors (Lipinski definition) is 0. The Morgan fingerprint density at radius 2 is 1.18 bits per heavy atom. The van der Waals surface area contributed by atoms with Gasteiger partial charge in [-0.1, -0.05) is 133 Å². The average molecular weight is 731 g/mol. The summed E-state index contributed by atoms with van der Waals surface area (Å²) in [7, 11) is 0. The molecule has 2 aliphatic rings. The summed E-state index contributed by atoms with van der Waals surface area (Å²) in [6.45, 7) is 0. The van der Waals surface area contributed by atoms with Crippen molar-refractivity contribution in [3.8, 4) is 39.5 Å². The van der Waals surface area contributed by atoms with Crippen molar-refractivity contribution in [2.45, 2.75) is 12.0 Å². The van der Waals surface area contributed by atoms with Gasteiger partial charge in [0.15, 0.2) is 17.2 Å². The Morgan fingerprint density at radius 3 is 2.07 bits per heavy atom. The standard InChI is InChI=1S/C52H34N4O/c1-3-14-33(15-4-1)34-16-13-17-37(30-34)51-53-49-41-22-9-12-25-48(41)57-50(49)52(54-51)56-45-24-11-8-21-40(45)43-32-36(27-29-47(43)56)35-26-28-46-42(31-35)39-20-7-10-23-44(39)55(46)38-18-5-2-6-19-38/h1-32,39,44H. The first kappa shape index (κ1) is 31.8. The summed E-state index contributed by atoms with van der Waals surface area (Å²) in [5.74, 6) is 1.65. The van der Waals surface area contributed by atoms with Crippen molar-refractivity contribution in [2.75, 3.05) is 4.90 Å². The lowest BCUT2D eigenvalue weighted by molar-refractivity contribution is 0.662. The van der Waals surface area contributed by atoms with Crippen LogP contribution in [0.1, 0.15) is 11.5 Å². The van der Waals surface area contributed by atoms with Crippen LogP contribution in [0.15, 0.2) is 199 Å². The van der Waals surface area contributed by atoms with Gasteiger partial charge in [-0.2, -0.15) is 0 Å². The van der Waals surface area contributed by atoms with Crippen molar-refractivity contribution in [2.24, 2.45) is 0 Å². The van der Waals surface area contributed by atoms with Gasteiger partial charge in [-0.25, -0.2) is 9.97 Å². The number of furan rings is 1. The molecule has 3 aromatic heterocycles. The highest BCUT2D eigenvalue weighted by Gasteiger charge is 2.37. The molecule has 1 aliphatic carbocycles. The van der Waals surface area contributed by atoms with E-state index >= 15 is 0 Å². The zero-order valence-corrected chi connectivity index (χ0v) is 30.8. The van der Waals surface area contributed by atoms with E-state index in [1.54, 1.807) is 0 Å². The van der Waals surface area contributed by atoms with Gasteiger partial charge in [-0.3, -0.25) is 4.57 Å². The second-order valence-corrected chi connectivity index (χ2v) is 14.9. The summed E-state index contributed by atoms with van der Waals surface area (Å²) in [5, 5.41) is 3.28. The number of para-hydroxylation sites is 3. The van der Waals surface area contributed by atoms with Crippen LogP contribution in [0.2, 0.25) is 0 Å². The van der Waals surface area contributed by atoms with E-state index in [9.17, 15) is 0 Å². The number of aromatic nitrogens is 3. The third-order valence-corrected chi connectivity index (χ3v) is 11.7. The van der Waals surface area contributed by atoms with Crippen molar-refractivity contribution < 1.29 is 4.42 Å². The minimum absolute atomic E-state index is 0.247. The van der Waals surface area contributed by atoms with Gasteiger partial charge in [0.1, 0.15) is 11.1 Å².